The molecule has 0 aliphatic carbocycles. The highest BCUT2D eigenvalue weighted by Crippen LogP contribution is 2.35. The molecule has 2 aromatic heterocycles. The Kier molecular flexibility index (Phi) is 7.67. The summed E-state index contributed by atoms with van der Waals surface area (Å²) in [5, 5.41) is 13.0. The predicted molar refractivity (Wildman–Crippen MR) is 138 cm³/mol. The molecule has 0 unspecified atom stereocenters. The number of aromatic nitrogens is 2. The van der Waals surface area contributed by atoms with Gasteiger partial charge in [-0.15, -0.1) is 11.3 Å². The number of para-hydroxylation sites is 1. The molecule has 0 spiro atoms. The van der Waals surface area contributed by atoms with E-state index < -0.39 is 0 Å². The molecule has 7 nitrogen and oxygen atoms in total. The molecule has 1 aromatic carbocycles. The Balaban J connectivity index is 1.47. The fraction of sp³-hybridized carbons (Fsp3) is 0.423. The second-order valence-electron chi connectivity index (χ2n) is 9.06. The van der Waals surface area contributed by atoms with E-state index in [9.17, 15) is 9.59 Å². The molecule has 3 aromatic rings. The summed E-state index contributed by atoms with van der Waals surface area (Å²) in [6, 6.07) is 14.1. The van der Waals surface area contributed by atoms with Crippen LogP contribution in [-0.4, -0.2) is 41.2 Å². The molecule has 1 saturated heterocycles. The number of carbonyl (C=O) groups excluding carboxylic acids is 2. The summed E-state index contributed by atoms with van der Waals surface area (Å²) < 4.78 is 1.91. The maximum absolute atomic E-state index is 12.7. The van der Waals surface area contributed by atoms with Gasteiger partial charge in [0.05, 0.1) is 11.4 Å². The fourth-order valence-corrected chi connectivity index (χ4v) is 4.94. The Morgan fingerprint density at radius 3 is 2.50 bits per heavy atom. The van der Waals surface area contributed by atoms with E-state index in [0.29, 0.717) is 6.54 Å². The number of aryl methyl sites for hydroxylation is 1. The maximum atomic E-state index is 12.7. The van der Waals surface area contributed by atoms with Gasteiger partial charge in [-0.25, -0.2) is 4.68 Å². The highest BCUT2D eigenvalue weighted by molar-refractivity contribution is 7.09. The first-order valence-corrected chi connectivity index (χ1v) is 12.8. The number of amides is 2. The SMILES string of the molecule is Cc1nn(-c2ccccc2)c(N2CCC(C(=O)NCCc3cccs3)CC2)c1NC(=O)C(C)C. The zero-order valence-electron chi connectivity index (χ0n) is 20.1. The van der Waals surface area contributed by atoms with Gasteiger partial charge >= 0.3 is 0 Å². The number of rotatable bonds is 8. The third-order valence-electron chi connectivity index (χ3n) is 6.23. The van der Waals surface area contributed by atoms with Crippen LogP contribution in [0.1, 0.15) is 37.3 Å². The second kappa shape index (κ2) is 10.9. The average Bonchev–Trinajstić information content (AvgIpc) is 3.48. The Bertz CT molecular complexity index is 1100. The number of hydrogen-bond acceptors (Lipinski definition) is 5. The van der Waals surface area contributed by atoms with Gasteiger partial charge in [0.25, 0.3) is 0 Å². The standard InChI is InChI=1S/C26H33N5O2S/c1-18(2)24(32)28-23-19(3)29-31(21-8-5-4-6-9-21)26(23)30-15-12-20(13-16-30)25(33)27-14-11-22-10-7-17-34-22/h4-10,17-18,20H,11-16H2,1-3H3,(H,27,33)(H,28,32). The first kappa shape index (κ1) is 24.0. The van der Waals surface area contributed by atoms with Gasteiger partial charge in [-0.3, -0.25) is 9.59 Å². The third-order valence-corrected chi connectivity index (χ3v) is 7.16. The quantitative estimate of drug-likeness (QED) is 0.502. The van der Waals surface area contributed by atoms with Crippen LogP contribution in [0.5, 0.6) is 0 Å². The van der Waals surface area contributed by atoms with Crippen LogP contribution in [-0.2, 0) is 16.0 Å². The molecule has 180 valence electrons. The normalized spacial score (nSPS) is 14.4. The van der Waals surface area contributed by atoms with Crippen molar-refractivity contribution in [3.63, 3.8) is 0 Å². The monoisotopic (exact) mass is 479 g/mol. The van der Waals surface area contributed by atoms with Crippen LogP contribution >= 0.6 is 11.3 Å². The first-order chi connectivity index (χ1) is 16.4. The predicted octanol–water partition coefficient (Wildman–Crippen LogP) is 4.41. The molecule has 34 heavy (non-hydrogen) atoms. The zero-order chi connectivity index (χ0) is 24.1. The summed E-state index contributed by atoms with van der Waals surface area (Å²) in [5.41, 5.74) is 2.47. The van der Waals surface area contributed by atoms with Crippen molar-refractivity contribution in [3.05, 3.63) is 58.4 Å². The first-order valence-electron chi connectivity index (χ1n) is 11.9. The number of nitrogens with one attached hydrogen (secondary N) is 2. The van der Waals surface area contributed by atoms with Crippen LogP contribution < -0.4 is 15.5 Å². The van der Waals surface area contributed by atoms with Crippen molar-refractivity contribution >= 4 is 34.7 Å². The minimum Gasteiger partial charge on any atom is -0.355 e. The molecule has 1 fully saturated rings. The number of hydrogen-bond donors (Lipinski definition) is 2. The molecule has 3 heterocycles. The molecule has 4 rings (SSSR count). The molecule has 0 bridgehead atoms. The van der Waals surface area contributed by atoms with Crippen molar-refractivity contribution in [1.29, 1.82) is 0 Å². The Hall–Kier alpha value is -3.13. The number of anilines is 2. The molecular formula is C26H33N5O2S. The maximum Gasteiger partial charge on any atom is 0.227 e. The number of piperidine rings is 1. The van der Waals surface area contributed by atoms with E-state index in [2.05, 4.69) is 27.0 Å². The largest absolute Gasteiger partial charge is 0.355 e. The van der Waals surface area contributed by atoms with Crippen LogP contribution in [0, 0.1) is 18.8 Å². The highest BCUT2D eigenvalue weighted by atomic mass is 32.1. The van der Waals surface area contributed by atoms with E-state index in [1.54, 1.807) is 11.3 Å². The number of nitrogens with zero attached hydrogens (tertiary/aromatic N) is 3. The Morgan fingerprint density at radius 1 is 1.12 bits per heavy atom. The van der Waals surface area contributed by atoms with E-state index >= 15 is 0 Å². The van der Waals surface area contributed by atoms with Crippen molar-refractivity contribution in [2.45, 2.75) is 40.0 Å². The van der Waals surface area contributed by atoms with E-state index in [1.807, 2.05) is 61.9 Å². The molecular weight excluding hydrogens is 446 g/mol. The van der Waals surface area contributed by atoms with Crippen molar-refractivity contribution in [2.75, 3.05) is 29.9 Å². The van der Waals surface area contributed by atoms with Gasteiger partial charge in [-0.1, -0.05) is 38.1 Å². The molecule has 2 amide bonds. The van der Waals surface area contributed by atoms with Gasteiger partial charge in [0.15, 0.2) is 5.82 Å². The summed E-state index contributed by atoms with van der Waals surface area (Å²) >= 11 is 1.72. The highest BCUT2D eigenvalue weighted by Gasteiger charge is 2.30. The van der Waals surface area contributed by atoms with Crippen LogP contribution in [0.4, 0.5) is 11.5 Å². The van der Waals surface area contributed by atoms with Gasteiger partial charge in [0.2, 0.25) is 11.8 Å². The summed E-state index contributed by atoms with van der Waals surface area (Å²) in [6.07, 6.45) is 2.40. The van der Waals surface area contributed by atoms with Gasteiger partial charge in [-0.05, 0) is 49.8 Å². The van der Waals surface area contributed by atoms with Crippen molar-refractivity contribution in [2.24, 2.45) is 11.8 Å². The smallest absolute Gasteiger partial charge is 0.227 e. The average molecular weight is 480 g/mol. The van der Waals surface area contributed by atoms with E-state index in [-0.39, 0.29) is 23.7 Å². The minimum absolute atomic E-state index is 0.00230. The lowest BCUT2D eigenvalue weighted by molar-refractivity contribution is -0.125. The van der Waals surface area contributed by atoms with Gasteiger partial charge in [0.1, 0.15) is 5.69 Å². The van der Waals surface area contributed by atoms with Crippen molar-refractivity contribution in [3.8, 4) is 5.69 Å². The Morgan fingerprint density at radius 2 is 1.85 bits per heavy atom. The summed E-state index contributed by atoms with van der Waals surface area (Å²) in [7, 11) is 0. The molecule has 0 atom stereocenters. The topological polar surface area (TPSA) is 79.3 Å². The lowest BCUT2D eigenvalue weighted by Crippen LogP contribution is -2.42. The van der Waals surface area contributed by atoms with Crippen LogP contribution in [0.25, 0.3) is 5.69 Å². The van der Waals surface area contributed by atoms with Gasteiger partial charge in [0, 0.05) is 36.3 Å². The summed E-state index contributed by atoms with van der Waals surface area (Å²) in [4.78, 5) is 28.8. The molecule has 1 aliphatic rings. The van der Waals surface area contributed by atoms with Crippen molar-refractivity contribution in [1.82, 2.24) is 15.1 Å². The Labute approximate surface area is 205 Å². The fourth-order valence-electron chi connectivity index (χ4n) is 4.23. The molecule has 0 saturated carbocycles. The lowest BCUT2D eigenvalue weighted by Gasteiger charge is -2.33. The molecule has 2 N–H and O–H groups in total. The number of carbonyl (C=O) groups is 2. The lowest BCUT2D eigenvalue weighted by atomic mass is 9.95. The van der Waals surface area contributed by atoms with Gasteiger partial charge in [-0.2, -0.15) is 5.10 Å². The van der Waals surface area contributed by atoms with E-state index in [0.717, 1.165) is 55.2 Å². The van der Waals surface area contributed by atoms with E-state index in [1.165, 1.54) is 4.88 Å². The van der Waals surface area contributed by atoms with Crippen LogP contribution in [0.3, 0.4) is 0 Å². The van der Waals surface area contributed by atoms with Crippen LogP contribution in [0.2, 0.25) is 0 Å². The van der Waals surface area contributed by atoms with Gasteiger partial charge < -0.3 is 15.5 Å². The number of benzene rings is 1. The number of thiophene rings is 1. The molecule has 8 heteroatoms. The molecule has 1 aliphatic heterocycles. The van der Waals surface area contributed by atoms with E-state index in [4.69, 9.17) is 5.10 Å². The third kappa shape index (κ3) is 5.50. The summed E-state index contributed by atoms with van der Waals surface area (Å²) in [6.45, 7) is 7.82. The van der Waals surface area contributed by atoms with Crippen LogP contribution in [0.15, 0.2) is 47.8 Å². The second-order valence-corrected chi connectivity index (χ2v) is 10.1. The minimum atomic E-state index is -0.129. The molecule has 0 radical (unpaired) electrons. The zero-order valence-corrected chi connectivity index (χ0v) is 20.9. The summed E-state index contributed by atoms with van der Waals surface area (Å²) in [5.74, 6) is 0.863. The van der Waals surface area contributed by atoms with Crippen molar-refractivity contribution < 1.29 is 9.59 Å².